The van der Waals surface area contributed by atoms with Gasteiger partial charge < -0.3 is 10.3 Å². The Labute approximate surface area is 58.3 Å². The number of aromatic nitrogens is 2. The molecule has 0 spiro atoms. The van der Waals surface area contributed by atoms with Crippen molar-refractivity contribution in [1.82, 2.24) is 9.55 Å². The second kappa shape index (κ2) is 2.62. The minimum Gasteiger partial charge on any atom is -0.325 e. The molecule has 0 saturated heterocycles. The number of hydrogen-bond donors (Lipinski definition) is 1. The predicted octanol–water partition coefficient (Wildman–Crippen LogP) is -0.761. The molecule has 0 radical (unpaired) electrons. The molecule has 0 fully saturated rings. The molecule has 1 rings (SSSR count). The first-order valence-electron chi connectivity index (χ1n) is 2.96. The van der Waals surface area contributed by atoms with Crippen LogP contribution in [-0.2, 0) is 13.6 Å². The average Bonchev–Trinajstić information content (AvgIpc) is 1.95. The molecule has 0 bridgehead atoms. The fourth-order valence-electron chi connectivity index (χ4n) is 0.690. The maximum Gasteiger partial charge on any atom is 0.273 e. The van der Waals surface area contributed by atoms with E-state index in [1.54, 1.807) is 19.4 Å². The van der Waals surface area contributed by atoms with E-state index in [0.717, 1.165) is 0 Å². The Morgan fingerprint density at radius 3 is 3.00 bits per heavy atom. The number of hydrogen-bond acceptors (Lipinski definition) is 3. The van der Waals surface area contributed by atoms with Crippen LogP contribution in [0.1, 0.15) is 5.69 Å². The van der Waals surface area contributed by atoms with Gasteiger partial charge in [-0.1, -0.05) is 0 Å². The summed E-state index contributed by atoms with van der Waals surface area (Å²) < 4.78 is 1.45. The molecule has 2 N–H and O–H groups in total. The van der Waals surface area contributed by atoms with Crippen LogP contribution in [0.5, 0.6) is 0 Å². The van der Waals surface area contributed by atoms with E-state index >= 15 is 0 Å². The van der Waals surface area contributed by atoms with Crippen molar-refractivity contribution in [3.8, 4) is 0 Å². The Morgan fingerprint density at radius 2 is 2.50 bits per heavy atom. The summed E-state index contributed by atoms with van der Waals surface area (Å²) >= 11 is 0. The SMILES string of the molecule is Cn1ccnc(CN)c1=O. The molecule has 10 heavy (non-hydrogen) atoms. The highest BCUT2D eigenvalue weighted by molar-refractivity contribution is 4.95. The van der Waals surface area contributed by atoms with Crippen LogP contribution in [0.25, 0.3) is 0 Å². The highest BCUT2D eigenvalue weighted by Crippen LogP contribution is 1.79. The van der Waals surface area contributed by atoms with E-state index in [9.17, 15) is 4.79 Å². The summed E-state index contributed by atoms with van der Waals surface area (Å²) in [6.07, 6.45) is 3.16. The molecule has 1 heterocycles. The van der Waals surface area contributed by atoms with Crippen molar-refractivity contribution < 1.29 is 0 Å². The molecule has 0 atom stereocenters. The largest absolute Gasteiger partial charge is 0.325 e. The van der Waals surface area contributed by atoms with Gasteiger partial charge in [0.2, 0.25) is 0 Å². The first-order valence-corrected chi connectivity index (χ1v) is 2.96. The van der Waals surface area contributed by atoms with Crippen LogP contribution in [0.3, 0.4) is 0 Å². The molecule has 0 aliphatic heterocycles. The van der Waals surface area contributed by atoms with Gasteiger partial charge in [0.25, 0.3) is 5.56 Å². The molecular formula is C6H9N3O. The Morgan fingerprint density at radius 1 is 1.80 bits per heavy atom. The highest BCUT2D eigenvalue weighted by Gasteiger charge is 1.96. The first kappa shape index (κ1) is 6.95. The summed E-state index contributed by atoms with van der Waals surface area (Å²) in [6, 6.07) is 0. The lowest BCUT2D eigenvalue weighted by Gasteiger charge is -1.96. The summed E-state index contributed by atoms with van der Waals surface area (Å²) in [4.78, 5) is 14.8. The zero-order chi connectivity index (χ0) is 7.56. The van der Waals surface area contributed by atoms with Gasteiger partial charge in [0.15, 0.2) is 0 Å². The third-order valence-electron chi connectivity index (χ3n) is 1.28. The van der Waals surface area contributed by atoms with E-state index in [1.807, 2.05) is 0 Å². The van der Waals surface area contributed by atoms with Gasteiger partial charge >= 0.3 is 0 Å². The predicted molar refractivity (Wildman–Crippen MR) is 37.4 cm³/mol. The van der Waals surface area contributed by atoms with E-state index in [4.69, 9.17) is 5.73 Å². The molecule has 0 aliphatic rings. The van der Waals surface area contributed by atoms with Crippen molar-refractivity contribution in [2.45, 2.75) is 6.54 Å². The van der Waals surface area contributed by atoms with Crippen molar-refractivity contribution in [2.75, 3.05) is 0 Å². The smallest absolute Gasteiger partial charge is 0.273 e. The van der Waals surface area contributed by atoms with Crippen molar-refractivity contribution in [3.63, 3.8) is 0 Å². The maximum atomic E-state index is 11.0. The van der Waals surface area contributed by atoms with Crippen LogP contribution < -0.4 is 11.3 Å². The second-order valence-electron chi connectivity index (χ2n) is 1.99. The monoisotopic (exact) mass is 139 g/mol. The zero-order valence-corrected chi connectivity index (χ0v) is 5.74. The van der Waals surface area contributed by atoms with Crippen molar-refractivity contribution in [1.29, 1.82) is 0 Å². The van der Waals surface area contributed by atoms with Gasteiger partial charge in [0.05, 0.1) is 0 Å². The Bertz CT molecular complexity index is 279. The van der Waals surface area contributed by atoms with Gasteiger partial charge in [0, 0.05) is 26.0 Å². The van der Waals surface area contributed by atoms with Crippen molar-refractivity contribution in [2.24, 2.45) is 12.8 Å². The van der Waals surface area contributed by atoms with Gasteiger partial charge in [-0.15, -0.1) is 0 Å². The first-order chi connectivity index (χ1) is 4.75. The molecule has 0 saturated carbocycles. The van der Waals surface area contributed by atoms with Crippen LogP contribution in [0.2, 0.25) is 0 Å². The number of aryl methyl sites for hydroxylation is 1. The molecule has 0 amide bonds. The lowest BCUT2D eigenvalue weighted by molar-refractivity contribution is 0.795. The van der Waals surface area contributed by atoms with E-state index in [2.05, 4.69) is 4.98 Å². The second-order valence-corrected chi connectivity index (χ2v) is 1.99. The normalized spacial score (nSPS) is 9.80. The third kappa shape index (κ3) is 1.06. The Balaban J connectivity index is 3.28. The zero-order valence-electron chi connectivity index (χ0n) is 5.74. The van der Waals surface area contributed by atoms with E-state index in [0.29, 0.717) is 5.69 Å². The van der Waals surface area contributed by atoms with Crippen LogP contribution in [0, 0.1) is 0 Å². The van der Waals surface area contributed by atoms with E-state index in [1.165, 1.54) is 4.57 Å². The Kier molecular flexibility index (Phi) is 1.82. The minimum absolute atomic E-state index is 0.120. The number of nitrogens with zero attached hydrogens (tertiary/aromatic N) is 2. The van der Waals surface area contributed by atoms with E-state index in [-0.39, 0.29) is 12.1 Å². The molecule has 4 heteroatoms. The maximum absolute atomic E-state index is 11.0. The van der Waals surface area contributed by atoms with Gasteiger partial charge in [-0.25, -0.2) is 0 Å². The summed E-state index contributed by atoms with van der Waals surface area (Å²) in [5, 5.41) is 0. The highest BCUT2D eigenvalue weighted by atomic mass is 16.1. The van der Waals surface area contributed by atoms with Crippen molar-refractivity contribution in [3.05, 3.63) is 28.4 Å². The third-order valence-corrected chi connectivity index (χ3v) is 1.28. The molecule has 1 aromatic heterocycles. The summed E-state index contributed by atoms with van der Waals surface area (Å²) in [5.41, 5.74) is 5.53. The average molecular weight is 139 g/mol. The standard InChI is InChI=1S/C6H9N3O/c1-9-3-2-8-5(4-7)6(9)10/h2-3H,4,7H2,1H3. The fourth-order valence-corrected chi connectivity index (χ4v) is 0.690. The summed E-state index contributed by atoms with van der Waals surface area (Å²) in [5.74, 6) is 0. The number of nitrogens with two attached hydrogens (primary N) is 1. The quantitative estimate of drug-likeness (QED) is 0.556. The molecular weight excluding hydrogens is 130 g/mol. The van der Waals surface area contributed by atoms with Crippen LogP contribution in [0.4, 0.5) is 0 Å². The lowest BCUT2D eigenvalue weighted by atomic mass is 10.4. The summed E-state index contributed by atoms with van der Waals surface area (Å²) in [6.45, 7) is 0.202. The number of rotatable bonds is 1. The van der Waals surface area contributed by atoms with Gasteiger partial charge in [-0.05, 0) is 0 Å². The van der Waals surface area contributed by atoms with Gasteiger partial charge in [-0.3, -0.25) is 9.78 Å². The summed E-state index contributed by atoms with van der Waals surface area (Å²) in [7, 11) is 1.67. The fraction of sp³-hybridized carbons (Fsp3) is 0.333. The van der Waals surface area contributed by atoms with E-state index < -0.39 is 0 Å². The molecule has 54 valence electrons. The van der Waals surface area contributed by atoms with Gasteiger partial charge in [-0.2, -0.15) is 0 Å². The molecule has 4 nitrogen and oxygen atoms in total. The topological polar surface area (TPSA) is 60.9 Å². The Hall–Kier alpha value is -1.16. The lowest BCUT2D eigenvalue weighted by Crippen LogP contribution is -2.23. The minimum atomic E-state index is -0.120. The van der Waals surface area contributed by atoms with Crippen molar-refractivity contribution >= 4 is 0 Å². The molecule has 0 aliphatic carbocycles. The molecule has 1 aromatic rings. The van der Waals surface area contributed by atoms with Crippen LogP contribution in [0.15, 0.2) is 17.2 Å². The molecule has 0 unspecified atom stereocenters. The molecule has 0 aromatic carbocycles. The van der Waals surface area contributed by atoms with Crippen LogP contribution in [-0.4, -0.2) is 9.55 Å². The van der Waals surface area contributed by atoms with Gasteiger partial charge in [0.1, 0.15) is 5.69 Å². The van der Waals surface area contributed by atoms with Crippen LogP contribution >= 0.6 is 0 Å².